The molecule has 0 unspecified atom stereocenters. The molecule has 0 aromatic carbocycles. The van der Waals surface area contributed by atoms with Gasteiger partial charge in [0.1, 0.15) is 5.82 Å². The molecule has 3 aromatic heterocycles. The third kappa shape index (κ3) is 2.03. The minimum absolute atomic E-state index is 0.648. The van der Waals surface area contributed by atoms with Crippen molar-refractivity contribution >= 4 is 22.4 Å². The van der Waals surface area contributed by atoms with E-state index in [2.05, 4.69) is 20.3 Å². The number of hydrogen-bond donors (Lipinski definition) is 2. The van der Waals surface area contributed by atoms with E-state index in [-0.39, 0.29) is 0 Å². The Morgan fingerprint density at radius 2 is 1.90 bits per heavy atom. The standard InChI is InChI=1S/C15H15N5/c1-9-12(5-10(16)7-19-9)11-3-4-18-14-6-15(17-2)20-8-13(11)14/h3-8H,16H2,1-2H3,(H,17,20). The van der Waals surface area contributed by atoms with Crippen LogP contribution >= 0.6 is 0 Å². The Labute approximate surface area is 116 Å². The van der Waals surface area contributed by atoms with E-state index in [0.29, 0.717) is 5.69 Å². The Hall–Kier alpha value is -2.69. The zero-order valence-corrected chi connectivity index (χ0v) is 11.4. The predicted octanol–water partition coefficient (Wildman–Crippen LogP) is 2.62. The largest absolute Gasteiger partial charge is 0.397 e. The summed E-state index contributed by atoms with van der Waals surface area (Å²) in [4.78, 5) is 13.1. The maximum atomic E-state index is 5.85. The zero-order chi connectivity index (χ0) is 14.1. The molecule has 0 atom stereocenters. The van der Waals surface area contributed by atoms with Crippen molar-refractivity contribution in [3.05, 3.63) is 42.5 Å². The van der Waals surface area contributed by atoms with Gasteiger partial charge in [0.25, 0.3) is 0 Å². The number of pyridine rings is 3. The molecule has 0 spiro atoms. The molecule has 3 heterocycles. The lowest BCUT2D eigenvalue weighted by atomic mass is 10.0. The summed E-state index contributed by atoms with van der Waals surface area (Å²) in [5, 5.41) is 4.00. The fourth-order valence-electron chi connectivity index (χ4n) is 2.23. The number of hydrogen-bond acceptors (Lipinski definition) is 5. The van der Waals surface area contributed by atoms with Crippen LogP contribution in [0.25, 0.3) is 22.0 Å². The molecule has 3 N–H and O–H groups in total. The fraction of sp³-hybridized carbons (Fsp3) is 0.133. The van der Waals surface area contributed by atoms with Crippen molar-refractivity contribution in [3.63, 3.8) is 0 Å². The van der Waals surface area contributed by atoms with Gasteiger partial charge in [0.05, 0.1) is 17.4 Å². The van der Waals surface area contributed by atoms with Crippen molar-refractivity contribution in [3.8, 4) is 11.1 Å². The minimum Gasteiger partial charge on any atom is -0.397 e. The number of nitrogens with two attached hydrogens (primary N) is 1. The topological polar surface area (TPSA) is 76.7 Å². The summed E-state index contributed by atoms with van der Waals surface area (Å²) in [7, 11) is 1.84. The molecule has 3 rings (SSSR count). The molecule has 0 bridgehead atoms. The first-order valence-electron chi connectivity index (χ1n) is 6.34. The van der Waals surface area contributed by atoms with Crippen LogP contribution in [0.2, 0.25) is 0 Å². The molecule has 20 heavy (non-hydrogen) atoms. The van der Waals surface area contributed by atoms with E-state index in [4.69, 9.17) is 5.73 Å². The predicted molar refractivity (Wildman–Crippen MR) is 81.5 cm³/mol. The number of rotatable bonds is 2. The van der Waals surface area contributed by atoms with Crippen LogP contribution in [0.15, 0.2) is 36.8 Å². The average Bonchev–Trinajstić information content (AvgIpc) is 2.48. The number of anilines is 2. The number of fused-ring (bicyclic) bond motifs is 1. The van der Waals surface area contributed by atoms with Crippen molar-refractivity contribution < 1.29 is 0 Å². The van der Waals surface area contributed by atoms with Gasteiger partial charge >= 0.3 is 0 Å². The van der Waals surface area contributed by atoms with Crippen LogP contribution in [-0.2, 0) is 0 Å². The molecular formula is C15H15N5. The quantitative estimate of drug-likeness (QED) is 0.744. The van der Waals surface area contributed by atoms with Gasteiger partial charge in [0.15, 0.2) is 0 Å². The minimum atomic E-state index is 0.648. The highest BCUT2D eigenvalue weighted by molar-refractivity contribution is 5.95. The molecule has 0 fully saturated rings. The lowest BCUT2D eigenvalue weighted by Crippen LogP contribution is -1.96. The van der Waals surface area contributed by atoms with E-state index in [1.165, 1.54) is 0 Å². The molecule has 0 radical (unpaired) electrons. The van der Waals surface area contributed by atoms with Crippen LogP contribution in [0.3, 0.4) is 0 Å². The molecule has 0 amide bonds. The molecule has 5 heteroatoms. The molecule has 0 saturated carbocycles. The lowest BCUT2D eigenvalue weighted by molar-refractivity contribution is 1.21. The monoisotopic (exact) mass is 265 g/mol. The van der Waals surface area contributed by atoms with E-state index < -0.39 is 0 Å². The summed E-state index contributed by atoms with van der Waals surface area (Å²) >= 11 is 0. The van der Waals surface area contributed by atoms with Crippen LogP contribution in [0.1, 0.15) is 5.69 Å². The highest BCUT2D eigenvalue weighted by Crippen LogP contribution is 2.30. The van der Waals surface area contributed by atoms with Crippen LogP contribution in [0.5, 0.6) is 0 Å². The first-order valence-corrected chi connectivity index (χ1v) is 6.34. The SMILES string of the molecule is CNc1cc2nccc(-c3cc(N)cnc3C)c2cn1. The van der Waals surface area contributed by atoms with Gasteiger partial charge in [0.2, 0.25) is 0 Å². The molecular weight excluding hydrogens is 250 g/mol. The summed E-state index contributed by atoms with van der Waals surface area (Å²) in [6, 6.07) is 5.82. The van der Waals surface area contributed by atoms with Crippen molar-refractivity contribution in [1.29, 1.82) is 0 Å². The van der Waals surface area contributed by atoms with E-state index in [0.717, 1.165) is 33.5 Å². The van der Waals surface area contributed by atoms with Gasteiger partial charge in [-0.15, -0.1) is 0 Å². The molecule has 0 saturated heterocycles. The molecule has 0 aliphatic rings. The normalized spacial score (nSPS) is 10.7. The first kappa shape index (κ1) is 12.3. The van der Waals surface area contributed by atoms with Gasteiger partial charge in [-0.25, -0.2) is 4.98 Å². The Morgan fingerprint density at radius 3 is 2.70 bits per heavy atom. The fourth-order valence-corrected chi connectivity index (χ4v) is 2.23. The smallest absolute Gasteiger partial charge is 0.127 e. The molecule has 5 nitrogen and oxygen atoms in total. The first-order chi connectivity index (χ1) is 9.69. The lowest BCUT2D eigenvalue weighted by Gasteiger charge is -2.10. The van der Waals surface area contributed by atoms with Crippen molar-refractivity contribution in [2.45, 2.75) is 6.92 Å². The Balaban J connectivity index is 2.28. The van der Waals surface area contributed by atoms with Gasteiger partial charge in [-0.2, -0.15) is 0 Å². The van der Waals surface area contributed by atoms with E-state index >= 15 is 0 Å². The van der Waals surface area contributed by atoms with Crippen molar-refractivity contribution in [2.75, 3.05) is 18.1 Å². The molecule has 0 aliphatic heterocycles. The number of aryl methyl sites for hydroxylation is 1. The third-order valence-electron chi connectivity index (χ3n) is 3.28. The van der Waals surface area contributed by atoms with Crippen LogP contribution in [0.4, 0.5) is 11.5 Å². The van der Waals surface area contributed by atoms with Crippen molar-refractivity contribution in [2.24, 2.45) is 0 Å². The highest BCUT2D eigenvalue weighted by Gasteiger charge is 2.09. The van der Waals surface area contributed by atoms with Gasteiger partial charge in [-0.05, 0) is 24.6 Å². The summed E-state index contributed by atoms with van der Waals surface area (Å²) < 4.78 is 0. The second kappa shape index (κ2) is 4.77. The Bertz CT molecular complexity index is 782. The molecule has 0 aliphatic carbocycles. The second-order valence-electron chi connectivity index (χ2n) is 4.60. The summed E-state index contributed by atoms with van der Waals surface area (Å²) in [6.45, 7) is 1.97. The van der Waals surface area contributed by atoms with Crippen LogP contribution in [-0.4, -0.2) is 22.0 Å². The van der Waals surface area contributed by atoms with E-state index in [9.17, 15) is 0 Å². The summed E-state index contributed by atoms with van der Waals surface area (Å²) in [5.74, 6) is 0.796. The number of nitrogens with one attached hydrogen (secondary N) is 1. The number of nitrogen functional groups attached to an aromatic ring is 1. The highest BCUT2D eigenvalue weighted by atomic mass is 15.0. The molecule has 100 valence electrons. The Kier molecular flexibility index (Phi) is 2.95. The maximum Gasteiger partial charge on any atom is 0.127 e. The van der Waals surface area contributed by atoms with Crippen LogP contribution < -0.4 is 11.1 Å². The summed E-state index contributed by atoms with van der Waals surface area (Å²) in [5.41, 5.74) is 10.4. The third-order valence-corrected chi connectivity index (χ3v) is 3.28. The average molecular weight is 265 g/mol. The maximum absolute atomic E-state index is 5.85. The second-order valence-corrected chi connectivity index (χ2v) is 4.60. The number of nitrogens with zero attached hydrogens (tertiary/aromatic N) is 3. The van der Waals surface area contributed by atoms with Gasteiger partial charge in [-0.3, -0.25) is 9.97 Å². The van der Waals surface area contributed by atoms with Gasteiger partial charge in [0, 0.05) is 42.2 Å². The summed E-state index contributed by atoms with van der Waals surface area (Å²) in [6.07, 6.45) is 5.28. The number of aromatic nitrogens is 3. The van der Waals surface area contributed by atoms with Gasteiger partial charge < -0.3 is 11.1 Å². The van der Waals surface area contributed by atoms with E-state index in [1.807, 2.05) is 38.4 Å². The Morgan fingerprint density at radius 1 is 1.05 bits per heavy atom. The zero-order valence-electron chi connectivity index (χ0n) is 11.4. The molecule has 3 aromatic rings. The van der Waals surface area contributed by atoms with Crippen LogP contribution in [0, 0.1) is 6.92 Å². The van der Waals surface area contributed by atoms with Gasteiger partial charge in [-0.1, -0.05) is 0 Å². The van der Waals surface area contributed by atoms with Crippen molar-refractivity contribution in [1.82, 2.24) is 15.0 Å². The van der Waals surface area contributed by atoms with E-state index in [1.54, 1.807) is 12.4 Å².